The molecule has 0 radical (unpaired) electrons. The van der Waals surface area contributed by atoms with Crippen LogP contribution < -0.4 is 5.32 Å². The Morgan fingerprint density at radius 2 is 2.00 bits per heavy atom. The van der Waals surface area contributed by atoms with Crippen LogP contribution in [-0.4, -0.2) is 16.8 Å². The van der Waals surface area contributed by atoms with E-state index in [0.717, 1.165) is 12.2 Å². The fourth-order valence-corrected chi connectivity index (χ4v) is 2.17. The monoisotopic (exact) mass is 229 g/mol. The smallest absolute Gasteiger partial charge is 0.0840 e. The van der Waals surface area contributed by atoms with Crippen molar-refractivity contribution in [2.45, 2.75) is 20.4 Å². The van der Waals surface area contributed by atoms with Gasteiger partial charge in [0.15, 0.2) is 0 Å². The summed E-state index contributed by atoms with van der Waals surface area (Å²) in [7, 11) is 3.91. The van der Waals surface area contributed by atoms with Gasteiger partial charge in [-0.25, -0.2) is 0 Å². The van der Waals surface area contributed by atoms with Gasteiger partial charge in [-0.05, 0) is 32.0 Å². The second kappa shape index (κ2) is 4.72. The molecule has 0 aliphatic carbocycles. The van der Waals surface area contributed by atoms with E-state index in [2.05, 4.69) is 48.7 Å². The lowest BCUT2D eigenvalue weighted by Crippen LogP contribution is -2.07. The van der Waals surface area contributed by atoms with Crippen LogP contribution in [0, 0.1) is 13.8 Å². The number of hydrogen-bond acceptors (Lipinski definition) is 2. The van der Waals surface area contributed by atoms with Crippen LogP contribution >= 0.6 is 0 Å². The second-order valence-electron chi connectivity index (χ2n) is 4.51. The summed E-state index contributed by atoms with van der Waals surface area (Å²) in [5.74, 6) is 0. The van der Waals surface area contributed by atoms with Crippen molar-refractivity contribution in [3.63, 3.8) is 0 Å². The van der Waals surface area contributed by atoms with Crippen molar-refractivity contribution in [2.75, 3.05) is 7.05 Å². The standard InChI is InChI=1S/C14H19N3/c1-10-5-6-12(11(2)7-10)13-9-17(4)16-14(13)8-15-3/h5-7,9,15H,8H2,1-4H3. The first-order valence-corrected chi connectivity index (χ1v) is 5.86. The third kappa shape index (κ3) is 2.39. The molecule has 0 aliphatic heterocycles. The van der Waals surface area contributed by atoms with Gasteiger partial charge in [0.1, 0.15) is 0 Å². The van der Waals surface area contributed by atoms with Gasteiger partial charge in [-0.1, -0.05) is 23.8 Å². The summed E-state index contributed by atoms with van der Waals surface area (Å²) >= 11 is 0. The average Bonchev–Trinajstić information content (AvgIpc) is 2.60. The zero-order valence-corrected chi connectivity index (χ0v) is 10.9. The summed E-state index contributed by atoms with van der Waals surface area (Å²) in [5.41, 5.74) is 6.19. The van der Waals surface area contributed by atoms with E-state index in [-0.39, 0.29) is 0 Å². The molecule has 3 heteroatoms. The highest BCUT2D eigenvalue weighted by molar-refractivity contribution is 5.69. The number of rotatable bonds is 3. The Kier molecular flexibility index (Phi) is 3.29. The first kappa shape index (κ1) is 11.9. The number of benzene rings is 1. The van der Waals surface area contributed by atoms with Crippen molar-refractivity contribution < 1.29 is 0 Å². The van der Waals surface area contributed by atoms with Gasteiger partial charge >= 0.3 is 0 Å². The van der Waals surface area contributed by atoms with E-state index < -0.39 is 0 Å². The molecule has 0 saturated carbocycles. The number of nitrogens with zero attached hydrogens (tertiary/aromatic N) is 2. The third-order valence-corrected chi connectivity index (χ3v) is 2.92. The van der Waals surface area contributed by atoms with Crippen LogP contribution in [0.1, 0.15) is 16.8 Å². The molecule has 1 aromatic carbocycles. The van der Waals surface area contributed by atoms with Crippen LogP contribution in [0.25, 0.3) is 11.1 Å². The summed E-state index contributed by atoms with van der Waals surface area (Å²) < 4.78 is 1.88. The van der Waals surface area contributed by atoms with Crippen LogP contribution in [-0.2, 0) is 13.6 Å². The zero-order chi connectivity index (χ0) is 12.4. The Morgan fingerprint density at radius 1 is 1.24 bits per heavy atom. The van der Waals surface area contributed by atoms with Gasteiger partial charge in [0.25, 0.3) is 0 Å². The summed E-state index contributed by atoms with van der Waals surface area (Å²) in [6, 6.07) is 6.55. The molecule has 0 fully saturated rings. The lowest BCUT2D eigenvalue weighted by Gasteiger charge is -2.06. The summed E-state index contributed by atoms with van der Waals surface area (Å²) in [4.78, 5) is 0. The molecule has 0 atom stereocenters. The Labute approximate surface area is 102 Å². The quantitative estimate of drug-likeness (QED) is 0.876. The number of nitrogens with one attached hydrogen (secondary N) is 1. The molecule has 3 nitrogen and oxygen atoms in total. The molecule has 0 amide bonds. The van der Waals surface area contributed by atoms with Crippen LogP contribution in [0.4, 0.5) is 0 Å². The lowest BCUT2D eigenvalue weighted by atomic mass is 9.99. The van der Waals surface area contributed by atoms with Crippen LogP contribution in [0.15, 0.2) is 24.4 Å². The summed E-state index contributed by atoms with van der Waals surface area (Å²) in [6.45, 7) is 5.07. The topological polar surface area (TPSA) is 29.9 Å². The molecule has 2 aromatic rings. The first-order valence-electron chi connectivity index (χ1n) is 5.86. The minimum absolute atomic E-state index is 0.795. The average molecular weight is 229 g/mol. The first-order chi connectivity index (χ1) is 8.11. The Bertz CT molecular complexity index is 526. The SMILES string of the molecule is CNCc1nn(C)cc1-c1ccc(C)cc1C. The second-order valence-corrected chi connectivity index (χ2v) is 4.51. The van der Waals surface area contributed by atoms with Crippen molar-refractivity contribution in [1.82, 2.24) is 15.1 Å². The molecular formula is C14H19N3. The minimum Gasteiger partial charge on any atom is -0.314 e. The zero-order valence-electron chi connectivity index (χ0n) is 10.9. The van der Waals surface area contributed by atoms with Crippen molar-refractivity contribution in [3.05, 3.63) is 41.2 Å². The summed E-state index contributed by atoms with van der Waals surface area (Å²) in [6.07, 6.45) is 2.09. The van der Waals surface area contributed by atoms with E-state index in [1.165, 1.54) is 22.3 Å². The van der Waals surface area contributed by atoms with Crippen LogP contribution in [0.5, 0.6) is 0 Å². The molecule has 0 unspecified atom stereocenters. The van der Waals surface area contributed by atoms with E-state index in [0.29, 0.717) is 0 Å². The molecule has 0 spiro atoms. The van der Waals surface area contributed by atoms with Gasteiger partial charge in [0.2, 0.25) is 0 Å². The Balaban J connectivity index is 2.51. The minimum atomic E-state index is 0.795. The molecule has 17 heavy (non-hydrogen) atoms. The number of aromatic nitrogens is 2. The Hall–Kier alpha value is -1.61. The summed E-state index contributed by atoms with van der Waals surface area (Å²) in [5, 5.41) is 7.66. The largest absolute Gasteiger partial charge is 0.314 e. The van der Waals surface area contributed by atoms with Gasteiger partial charge in [-0.15, -0.1) is 0 Å². The van der Waals surface area contributed by atoms with E-state index in [1.54, 1.807) is 0 Å². The fourth-order valence-electron chi connectivity index (χ4n) is 2.17. The molecule has 1 aromatic heterocycles. The highest BCUT2D eigenvalue weighted by Crippen LogP contribution is 2.26. The molecule has 90 valence electrons. The van der Waals surface area contributed by atoms with E-state index in [9.17, 15) is 0 Å². The molecule has 0 aliphatic rings. The normalized spacial score (nSPS) is 10.8. The third-order valence-electron chi connectivity index (χ3n) is 2.92. The Morgan fingerprint density at radius 3 is 2.65 bits per heavy atom. The van der Waals surface area contributed by atoms with Crippen molar-refractivity contribution in [3.8, 4) is 11.1 Å². The molecule has 2 rings (SSSR count). The maximum atomic E-state index is 4.49. The molecule has 0 bridgehead atoms. The molecular weight excluding hydrogens is 210 g/mol. The lowest BCUT2D eigenvalue weighted by molar-refractivity contribution is 0.712. The van der Waals surface area contributed by atoms with E-state index in [1.807, 2.05) is 18.8 Å². The predicted octanol–water partition coefficient (Wildman–Crippen LogP) is 2.42. The van der Waals surface area contributed by atoms with Gasteiger partial charge in [-0.2, -0.15) is 5.10 Å². The molecule has 0 saturated heterocycles. The highest BCUT2D eigenvalue weighted by atomic mass is 15.3. The highest BCUT2D eigenvalue weighted by Gasteiger charge is 2.11. The number of hydrogen-bond donors (Lipinski definition) is 1. The maximum absolute atomic E-state index is 4.49. The van der Waals surface area contributed by atoms with E-state index >= 15 is 0 Å². The van der Waals surface area contributed by atoms with Gasteiger partial charge in [0, 0.05) is 25.4 Å². The maximum Gasteiger partial charge on any atom is 0.0840 e. The molecule has 1 N–H and O–H groups in total. The fraction of sp³-hybridized carbons (Fsp3) is 0.357. The predicted molar refractivity (Wildman–Crippen MR) is 70.9 cm³/mol. The van der Waals surface area contributed by atoms with Gasteiger partial charge < -0.3 is 5.32 Å². The van der Waals surface area contributed by atoms with Crippen molar-refractivity contribution >= 4 is 0 Å². The van der Waals surface area contributed by atoms with E-state index in [4.69, 9.17) is 0 Å². The van der Waals surface area contributed by atoms with Crippen LogP contribution in [0.3, 0.4) is 0 Å². The van der Waals surface area contributed by atoms with Gasteiger partial charge in [0.05, 0.1) is 5.69 Å². The molecule has 1 heterocycles. The van der Waals surface area contributed by atoms with Gasteiger partial charge in [-0.3, -0.25) is 4.68 Å². The van der Waals surface area contributed by atoms with Crippen molar-refractivity contribution in [1.29, 1.82) is 0 Å². The number of aryl methyl sites for hydroxylation is 3. The van der Waals surface area contributed by atoms with Crippen molar-refractivity contribution in [2.24, 2.45) is 7.05 Å². The van der Waals surface area contributed by atoms with Crippen LogP contribution in [0.2, 0.25) is 0 Å².